The van der Waals surface area contributed by atoms with E-state index in [2.05, 4.69) is 5.32 Å². The van der Waals surface area contributed by atoms with Gasteiger partial charge < -0.3 is 23.9 Å². The molecule has 3 aromatic carbocycles. The number of hydrogen-bond donors (Lipinski definition) is 1. The van der Waals surface area contributed by atoms with E-state index < -0.39 is 17.9 Å². The summed E-state index contributed by atoms with van der Waals surface area (Å²) in [5.74, 6) is 0.479. The Morgan fingerprint density at radius 1 is 0.972 bits per heavy atom. The number of rotatable bonds is 7. The molecule has 0 aliphatic carbocycles. The molecule has 4 aromatic rings. The van der Waals surface area contributed by atoms with Crippen LogP contribution in [0, 0.1) is 13.8 Å². The third-order valence-electron chi connectivity index (χ3n) is 5.49. The van der Waals surface area contributed by atoms with Crippen LogP contribution in [0.5, 0.6) is 17.2 Å². The van der Waals surface area contributed by atoms with Crippen LogP contribution in [0.4, 0.5) is 5.69 Å². The Kier molecular flexibility index (Phi) is 7.43. The number of aryl methyl sites for hydroxylation is 2. The number of amides is 1. The molecule has 0 saturated heterocycles. The van der Waals surface area contributed by atoms with Gasteiger partial charge in [0.1, 0.15) is 5.58 Å². The van der Waals surface area contributed by atoms with Crippen LogP contribution in [-0.4, -0.2) is 26.7 Å². The van der Waals surface area contributed by atoms with Gasteiger partial charge in [-0.1, -0.05) is 29.3 Å². The van der Waals surface area contributed by atoms with E-state index in [1.165, 1.54) is 20.3 Å². The Morgan fingerprint density at radius 3 is 2.44 bits per heavy atom. The number of fused-ring (bicyclic) bond motifs is 1. The lowest BCUT2D eigenvalue weighted by Crippen LogP contribution is -2.23. The maximum Gasteiger partial charge on any atom is 0.262 e. The molecule has 1 heterocycles. The summed E-state index contributed by atoms with van der Waals surface area (Å²) in [6, 6.07) is 13.4. The van der Waals surface area contributed by atoms with Crippen LogP contribution < -0.4 is 25.0 Å². The van der Waals surface area contributed by atoms with Crippen LogP contribution in [0.1, 0.15) is 11.1 Å². The Bertz CT molecular complexity index is 1530. The quantitative estimate of drug-likeness (QED) is 0.298. The summed E-state index contributed by atoms with van der Waals surface area (Å²) >= 11 is 12.1. The monoisotopic (exact) mass is 527 g/mol. The Morgan fingerprint density at radius 2 is 1.72 bits per heavy atom. The van der Waals surface area contributed by atoms with Gasteiger partial charge in [0, 0.05) is 10.6 Å². The maximum atomic E-state index is 13.6. The molecule has 9 heteroatoms. The molecule has 186 valence electrons. The van der Waals surface area contributed by atoms with Crippen molar-refractivity contribution in [1.29, 1.82) is 0 Å². The van der Waals surface area contributed by atoms with Gasteiger partial charge in [-0.3, -0.25) is 9.59 Å². The number of carbonyl (C=O) groups excluding carboxylic acids is 1. The number of nitrogens with one attached hydrogen (secondary N) is 1. The predicted octanol–water partition coefficient (Wildman–Crippen LogP) is 6.42. The minimum absolute atomic E-state index is 0.103. The third-order valence-corrected chi connectivity index (χ3v) is 6.06. The van der Waals surface area contributed by atoms with Gasteiger partial charge >= 0.3 is 0 Å². The first-order chi connectivity index (χ1) is 17.2. The van der Waals surface area contributed by atoms with Crippen LogP contribution in [0.25, 0.3) is 22.3 Å². The fourth-order valence-corrected chi connectivity index (χ4v) is 4.23. The van der Waals surface area contributed by atoms with E-state index in [4.69, 9.17) is 41.8 Å². The largest absolute Gasteiger partial charge is 0.493 e. The normalized spacial score (nSPS) is 10.8. The lowest BCUT2D eigenvalue weighted by molar-refractivity contribution is -0.118. The zero-order chi connectivity index (χ0) is 26.0. The number of ether oxygens (including phenoxy) is 3. The minimum Gasteiger partial charge on any atom is -0.493 e. The molecular weight excluding hydrogens is 505 g/mol. The van der Waals surface area contributed by atoms with Crippen LogP contribution in [0.2, 0.25) is 10.0 Å². The van der Waals surface area contributed by atoms with Crippen molar-refractivity contribution < 1.29 is 23.4 Å². The molecule has 1 amide bonds. The highest BCUT2D eigenvalue weighted by atomic mass is 35.5. The van der Waals surface area contributed by atoms with E-state index in [1.807, 2.05) is 19.9 Å². The Labute approximate surface area is 217 Å². The van der Waals surface area contributed by atoms with Crippen molar-refractivity contribution in [3.8, 4) is 28.6 Å². The zero-order valence-electron chi connectivity index (χ0n) is 20.0. The van der Waals surface area contributed by atoms with Gasteiger partial charge in [-0.05, 0) is 67.4 Å². The van der Waals surface area contributed by atoms with Crippen LogP contribution in [-0.2, 0) is 4.79 Å². The van der Waals surface area contributed by atoms with Gasteiger partial charge in [0.15, 0.2) is 23.9 Å². The number of carbonyl (C=O) groups is 1. The van der Waals surface area contributed by atoms with Gasteiger partial charge in [0.2, 0.25) is 11.2 Å². The molecule has 4 rings (SSSR count). The summed E-state index contributed by atoms with van der Waals surface area (Å²) in [6.45, 7) is 3.27. The summed E-state index contributed by atoms with van der Waals surface area (Å²) in [5, 5.41) is 3.74. The summed E-state index contributed by atoms with van der Waals surface area (Å²) in [7, 11) is 3.03. The number of anilines is 1. The second-order valence-electron chi connectivity index (χ2n) is 8.08. The number of hydrogen-bond acceptors (Lipinski definition) is 6. The molecule has 0 radical (unpaired) electrons. The maximum absolute atomic E-state index is 13.6. The average molecular weight is 528 g/mol. The predicted molar refractivity (Wildman–Crippen MR) is 141 cm³/mol. The fraction of sp³-hybridized carbons (Fsp3) is 0.185. The summed E-state index contributed by atoms with van der Waals surface area (Å²) in [4.78, 5) is 26.3. The highest BCUT2D eigenvalue weighted by molar-refractivity contribution is 6.35. The molecule has 0 saturated carbocycles. The summed E-state index contributed by atoms with van der Waals surface area (Å²) in [6.07, 6.45) is 0. The molecule has 1 N–H and O–H groups in total. The summed E-state index contributed by atoms with van der Waals surface area (Å²) in [5.41, 5.74) is 2.52. The second-order valence-corrected chi connectivity index (χ2v) is 8.92. The van der Waals surface area contributed by atoms with E-state index in [1.54, 1.807) is 36.4 Å². The molecule has 1 aromatic heterocycles. The van der Waals surface area contributed by atoms with Crippen molar-refractivity contribution in [2.24, 2.45) is 0 Å². The van der Waals surface area contributed by atoms with Crippen molar-refractivity contribution in [2.75, 3.05) is 26.1 Å². The van der Waals surface area contributed by atoms with E-state index in [9.17, 15) is 9.59 Å². The zero-order valence-corrected chi connectivity index (χ0v) is 21.5. The fourth-order valence-electron chi connectivity index (χ4n) is 3.89. The number of methoxy groups -OCH3 is 2. The lowest BCUT2D eigenvalue weighted by Gasteiger charge is -2.15. The molecule has 0 bridgehead atoms. The highest BCUT2D eigenvalue weighted by Gasteiger charge is 2.22. The van der Waals surface area contributed by atoms with Gasteiger partial charge in [-0.25, -0.2) is 0 Å². The lowest BCUT2D eigenvalue weighted by atomic mass is 10.0. The molecule has 0 aliphatic heterocycles. The van der Waals surface area contributed by atoms with Crippen molar-refractivity contribution in [3.63, 3.8) is 0 Å². The van der Waals surface area contributed by atoms with E-state index in [-0.39, 0.29) is 11.5 Å². The first-order valence-corrected chi connectivity index (χ1v) is 11.7. The van der Waals surface area contributed by atoms with Gasteiger partial charge in [-0.2, -0.15) is 0 Å². The van der Waals surface area contributed by atoms with Gasteiger partial charge in [-0.15, -0.1) is 0 Å². The van der Waals surface area contributed by atoms with Crippen LogP contribution >= 0.6 is 23.2 Å². The van der Waals surface area contributed by atoms with Crippen LogP contribution in [0.15, 0.2) is 57.7 Å². The van der Waals surface area contributed by atoms with E-state index in [0.717, 1.165) is 11.1 Å². The molecular formula is C27H23Cl2NO6. The first-order valence-electron chi connectivity index (χ1n) is 10.9. The van der Waals surface area contributed by atoms with Crippen molar-refractivity contribution in [3.05, 3.63) is 79.9 Å². The van der Waals surface area contributed by atoms with E-state index >= 15 is 0 Å². The molecule has 0 atom stereocenters. The third kappa shape index (κ3) is 5.12. The highest BCUT2D eigenvalue weighted by Crippen LogP contribution is 2.37. The topological polar surface area (TPSA) is 87.0 Å². The second kappa shape index (κ2) is 10.5. The first kappa shape index (κ1) is 25.4. The smallest absolute Gasteiger partial charge is 0.262 e. The standard InChI is InChI=1S/C27H23Cl2NO6/c1-14-9-15(2)24-22(10-14)36-26(16-5-8-20(33-3)21(11-16)34-4)27(25(24)32)35-13-23(31)30-19-12-17(28)6-7-18(19)29/h5-12H,13H2,1-4H3,(H,30,31). The SMILES string of the molecule is COc1ccc(-c2oc3cc(C)cc(C)c3c(=O)c2OCC(=O)Nc2cc(Cl)ccc2Cl)cc1OC. The average Bonchev–Trinajstić information content (AvgIpc) is 2.84. The Balaban J connectivity index is 1.78. The molecule has 0 spiro atoms. The van der Waals surface area contributed by atoms with Gasteiger partial charge in [0.25, 0.3) is 5.91 Å². The molecule has 0 aliphatic rings. The minimum atomic E-state index is -0.530. The van der Waals surface area contributed by atoms with E-state index in [0.29, 0.717) is 43.8 Å². The number of benzene rings is 3. The molecule has 36 heavy (non-hydrogen) atoms. The van der Waals surface area contributed by atoms with Crippen molar-refractivity contribution >= 4 is 45.8 Å². The molecule has 0 unspecified atom stereocenters. The molecule has 7 nitrogen and oxygen atoms in total. The summed E-state index contributed by atoms with van der Waals surface area (Å²) < 4.78 is 22.7. The Hall–Kier alpha value is -3.68. The molecule has 0 fully saturated rings. The van der Waals surface area contributed by atoms with Crippen LogP contribution in [0.3, 0.4) is 0 Å². The number of halogens is 2. The van der Waals surface area contributed by atoms with Gasteiger partial charge in [0.05, 0.1) is 30.3 Å². The van der Waals surface area contributed by atoms with Crippen molar-refractivity contribution in [2.45, 2.75) is 13.8 Å². The van der Waals surface area contributed by atoms with Crippen molar-refractivity contribution in [1.82, 2.24) is 0 Å².